The standard InChI is InChI=1S/C20H24N2O4/c1-14(23)16-4-6-17(7-5-16)22-10-8-21(9-11-22)13-18-12-19(15(2)26-18)20(24)25-3/h4-7,12H,8-11,13H2,1-3H3. The molecule has 6 heteroatoms. The van der Waals surface area contributed by atoms with Crippen LogP contribution in [0.25, 0.3) is 0 Å². The number of esters is 1. The number of nitrogens with zero attached hydrogens (tertiary/aromatic N) is 2. The summed E-state index contributed by atoms with van der Waals surface area (Å²) >= 11 is 0. The molecule has 26 heavy (non-hydrogen) atoms. The van der Waals surface area contributed by atoms with E-state index in [1.165, 1.54) is 7.11 Å². The number of ketones is 1. The number of carbonyl (C=O) groups excluding carboxylic acids is 2. The van der Waals surface area contributed by atoms with Crippen LogP contribution >= 0.6 is 0 Å². The van der Waals surface area contributed by atoms with Crippen LogP contribution in [-0.4, -0.2) is 49.9 Å². The van der Waals surface area contributed by atoms with Crippen LogP contribution in [0.15, 0.2) is 34.7 Å². The van der Waals surface area contributed by atoms with Crippen LogP contribution in [0, 0.1) is 6.92 Å². The maximum Gasteiger partial charge on any atom is 0.341 e. The number of rotatable bonds is 5. The number of aryl methyl sites for hydroxylation is 1. The molecule has 0 saturated carbocycles. The monoisotopic (exact) mass is 356 g/mol. The van der Waals surface area contributed by atoms with Crippen molar-refractivity contribution in [1.82, 2.24) is 4.90 Å². The van der Waals surface area contributed by atoms with Crippen molar-refractivity contribution in [3.63, 3.8) is 0 Å². The van der Waals surface area contributed by atoms with Gasteiger partial charge in [0.05, 0.1) is 13.7 Å². The Bertz CT molecular complexity index is 787. The number of hydrogen-bond donors (Lipinski definition) is 0. The molecule has 0 aliphatic carbocycles. The molecule has 0 unspecified atom stereocenters. The van der Waals surface area contributed by atoms with Crippen molar-refractivity contribution in [3.8, 4) is 0 Å². The molecule has 1 aliphatic heterocycles. The van der Waals surface area contributed by atoms with Crippen LogP contribution < -0.4 is 4.90 Å². The molecular formula is C20H24N2O4. The average molecular weight is 356 g/mol. The zero-order valence-corrected chi connectivity index (χ0v) is 15.4. The minimum Gasteiger partial charge on any atom is -0.465 e. The summed E-state index contributed by atoms with van der Waals surface area (Å²) in [6, 6.07) is 9.54. The van der Waals surface area contributed by atoms with Gasteiger partial charge in [0.1, 0.15) is 17.1 Å². The SMILES string of the molecule is COC(=O)c1cc(CN2CCN(c3ccc(C(C)=O)cc3)CC2)oc1C. The quantitative estimate of drug-likeness (QED) is 0.606. The molecule has 0 radical (unpaired) electrons. The van der Waals surface area contributed by atoms with Gasteiger partial charge in [0.25, 0.3) is 0 Å². The van der Waals surface area contributed by atoms with Gasteiger partial charge in [-0.2, -0.15) is 0 Å². The van der Waals surface area contributed by atoms with Gasteiger partial charge >= 0.3 is 5.97 Å². The summed E-state index contributed by atoms with van der Waals surface area (Å²) in [7, 11) is 1.37. The normalized spacial score (nSPS) is 15.1. The Hall–Kier alpha value is -2.60. The molecular weight excluding hydrogens is 332 g/mol. The third-order valence-corrected chi connectivity index (χ3v) is 4.76. The summed E-state index contributed by atoms with van der Waals surface area (Å²) in [5.74, 6) is 1.09. The second-order valence-electron chi connectivity index (χ2n) is 6.54. The lowest BCUT2D eigenvalue weighted by Crippen LogP contribution is -2.45. The Balaban J connectivity index is 1.57. The van der Waals surface area contributed by atoms with Crippen molar-refractivity contribution in [3.05, 3.63) is 53.0 Å². The molecule has 1 fully saturated rings. The molecule has 1 aromatic heterocycles. The van der Waals surface area contributed by atoms with Gasteiger partial charge in [0, 0.05) is 37.4 Å². The van der Waals surface area contributed by atoms with Gasteiger partial charge in [-0.3, -0.25) is 9.69 Å². The van der Waals surface area contributed by atoms with E-state index in [9.17, 15) is 9.59 Å². The smallest absolute Gasteiger partial charge is 0.341 e. The van der Waals surface area contributed by atoms with Crippen molar-refractivity contribution in [1.29, 1.82) is 0 Å². The molecule has 0 amide bonds. The highest BCUT2D eigenvalue weighted by atomic mass is 16.5. The predicted molar refractivity (Wildman–Crippen MR) is 98.7 cm³/mol. The first kappa shape index (κ1) is 18.2. The first-order chi connectivity index (χ1) is 12.5. The molecule has 1 saturated heterocycles. The van der Waals surface area contributed by atoms with Crippen LogP contribution in [0.5, 0.6) is 0 Å². The zero-order valence-electron chi connectivity index (χ0n) is 15.4. The summed E-state index contributed by atoms with van der Waals surface area (Å²) in [5, 5.41) is 0. The molecule has 6 nitrogen and oxygen atoms in total. The second kappa shape index (κ2) is 7.74. The summed E-state index contributed by atoms with van der Waals surface area (Å²) in [4.78, 5) is 27.7. The van der Waals surface area contributed by atoms with Crippen LogP contribution in [0.1, 0.15) is 39.2 Å². The second-order valence-corrected chi connectivity index (χ2v) is 6.54. The van der Waals surface area contributed by atoms with Gasteiger partial charge < -0.3 is 14.1 Å². The van der Waals surface area contributed by atoms with Crippen LogP contribution in [-0.2, 0) is 11.3 Å². The first-order valence-corrected chi connectivity index (χ1v) is 8.74. The Kier molecular flexibility index (Phi) is 5.42. The van der Waals surface area contributed by atoms with Gasteiger partial charge in [-0.1, -0.05) is 0 Å². The molecule has 1 aromatic carbocycles. The fourth-order valence-corrected chi connectivity index (χ4v) is 3.23. The summed E-state index contributed by atoms with van der Waals surface area (Å²) in [6.07, 6.45) is 0. The highest BCUT2D eigenvalue weighted by molar-refractivity contribution is 5.94. The molecule has 0 N–H and O–H groups in total. The number of hydrogen-bond acceptors (Lipinski definition) is 6. The minimum absolute atomic E-state index is 0.0847. The molecule has 0 spiro atoms. The van der Waals surface area contributed by atoms with Gasteiger partial charge in [-0.15, -0.1) is 0 Å². The predicted octanol–water partition coefficient (Wildman–Crippen LogP) is 2.90. The Morgan fingerprint density at radius 1 is 1.12 bits per heavy atom. The zero-order chi connectivity index (χ0) is 18.7. The van der Waals surface area contributed by atoms with E-state index >= 15 is 0 Å². The van der Waals surface area contributed by atoms with Gasteiger partial charge in [-0.05, 0) is 44.2 Å². The number of carbonyl (C=O) groups is 2. The maximum absolute atomic E-state index is 11.7. The largest absolute Gasteiger partial charge is 0.465 e. The summed E-state index contributed by atoms with van der Waals surface area (Å²) in [6.45, 7) is 7.65. The van der Waals surface area contributed by atoms with Gasteiger partial charge in [0.15, 0.2) is 5.78 Å². The van der Waals surface area contributed by atoms with Crippen molar-refractivity contribution in [2.45, 2.75) is 20.4 Å². The molecule has 2 heterocycles. The molecule has 0 bridgehead atoms. The van der Waals surface area contributed by atoms with Crippen LogP contribution in [0.3, 0.4) is 0 Å². The van der Waals surface area contributed by atoms with Crippen molar-refractivity contribution in [2.75, 3.05) is 38.2 Å². The van der Waals surface area contributed by atoms with Crippen molar-refractivity contribution < 1.29 is 18.7 Å². The fourth-order valence-electron chi connectivity index (χ4n) is 3.23. The van der Waals surface area contributed by atoms with Gasteiger partial charge in [-0.25, -0.2) is 4.79 Å². The third-order valence-electron chi connectivity index (χ3n) is 4.76. The van der Waals surface area contributed by atoms with E-state index in [0.717, 1.165) is 43.2 Å². The van der Waals surface area contributed by atoms with E-state index in [-0.39, 0.29) is 11.8 Å². The Morgan fingerprint density at radius 2 is 1.77 bits per heavy atom. The molecule has 1 aliphatic rings. The van der Waals surface area contributed by atoms with E-state index in [1.54, 1.807) is 19.9 Å². The van der Waals surface area contributed by atoms with E-state index < -0.39 is 0 Å². The first-order valence-electron chi connectivity index (χ1n) is 8.74. The van der Waals surface area contributed by atoms with Crippen molar-refractivity contribution >= 4 is 17.4 Å². The molecule has 3 rings (SSSR count). The van der Waals surface area contributed by atoms with Crippen LogP contribution in [0.2, 0.25) is 0 Å². The fraction of sp³-hybridized carbons (Fsp3) is 0.400. The summed E-state index contributed by atoms with van der Waals surface area (Å²) in [5.41, 5.74) is 2.37. The number of benzene rings is 1. The Labute approximate surface area is 153 Å². The highest BCUT2D eigenvalue weighted by Crippen LogP contribution is 2.21. The van der Waals surface area contributed by atoms with E-state index in [1.807, 2.05) is 24.3 Å². The Morgan fingerprint density at radius 3 is 2.35 bits per heavy atom. The number of methoxy groups -OCH3 is 1. The lowest BCUT2D eigenvalue weighted by Gasteiger charge is -2.35. The average Bonchev–Trinajstić information content (AvgIpc) is 3.02. The number of ether oxygens (including phenoxy) is 1. The van der Waals surface area contributed by atoms with E-state index in [0.29, 0.717) is 17.9 Å². The summed E-state index contributed by atoms with van der Waals surface area (Å²) < 4.78 is 10.5. The third kappa shape index (κ3) is 3.96. The number of anilines is 1. The number of piperazine rings is 1. The topological polar surface area (TPSA) is 63.0 Å². The van der Waals surface area contributed by atoms with Crippen LogP contribution in [0.4, 0.5) is 5.69 Å². The molecule has 0 atom stereocenters. The van der Waals surface area contributed by atoms with Gasteiger partial charge in [0.2, 0.25) is 0 Å². The highest BCUT2D eigenvalue weighted by Gasteiger charge is 2.21. The lowest BCUT2D eigenvalue weighted by atomic mass is 10.1. The maximum atomic E-state index is 11.7. The number of furan rings is 1. The lowest BCUT2D eigenvalue weighted by molar-refractivity contribution is 0.0598. The number of Topliss-reactive ketones (excluding diaryl/α,β-unsaturated/α-hetero) is 1. The van der Waals surface area contributed by atoms with Crippen molar-refractivity contribution in [2.24, 2.45) is 0 Å². The van der Waals surface area contributed by atoms with E-state index in [4.69, 9.17) is 9.15 Å². The minimum atomic E-state index is -0.365. The molecule has 2 aromatic rings. The molecule has 138 valence electrons. The van der Waals surface area contributed by atoms with E-state index in [2.05, 4.69) is 9.80 Å².